The maximum Gasteiger partial charge on any atom is 0.0726 e. The molecule has 6 bridgehead atoms. The van der Waals surface area contributed by atoms with E-state index < -0.39 is 5.41 Å². The van der Waals surface area contributed by atoms with Crippen LogP contribution in [-0.2, 0) is 5.41 Å². The van der Waals surface area contributed by atoms with Crippen molar-refractivity contribution in [2.24, 2.45) is 17.8 Å². The second kappa shape index (κ2) is 18.1. The molecule has 11 aromatic rings. The van der Waals surface area contributed by atoms with Gasteiger partial charge in [0.1, 0.15) is 0 Å². The Bertz CT molecular complexity index is 4360. The molecule has 0 aliphatic heterocycles. The van der Waals surface area contributed by atoms with Crippen LogP contribution >= 0.6 is 0 Å². The van der Waals surface area contributed by atoms with E-state index in [4.69, 9.17) is 0 Å². The summed E-state index contributed by atoms with van der Waals surface area (Å²) in [6.07, 6.45) is 15.0. The van der Waals surface area contributed by atoms with Gasteiger partial charge in [0.2, 0.25) is 0 Å². The monoisotopic (exact) mass is 1060 g/mol. The van der Waals surface area contributed by atoms with Crippen LogP contribution in [0, 0.1) is 17.8 Å². The van der Waals surface area contributed by atoms with Crippen LogP contribution in [0.15, 0.2) is 218 Å². The minimum Gasteiger partial charge on any atom is -0.310 e. The van der Waals surface area contributed by atoms with E-state index in [2.05, 4.69) is 235 Å². The highest BCUT2D eigenvalue weighted by atomic mass is 15.1. The molecule has 2 nitrogen and oxygen atoms in total. The molecule has 19 rings (SSSR count). The maximum absolute atomic E-state index is 2.85. The Morgan fingerprint density at radius 1 is 0.415 bits per heavy atom. The second-order valence-electron chi connectivity index (χ2n) is 26.1. The summed E-state index contributed by atoms with van der Waals surface area (Å²) in [5.74, 6) is 5.18. The molecule has 1 spiro atoms. The van der Waals surface area contributed by atoms with Gasteiger partial charge in [-0.25, -0.2) is 0 Å². The molecule has 0 saturated heterocycles. The summed E-state index contributed by atoms with van der Waals surface area (Å²) in [5.41, 5.74) is 30.1. The zero-order chi connectivity index (χ0) is 53.8. The topological polar surface area (TPSA) is 8.17 Å². The van der Waals surface area contributed by atoms with E-state index in [1.54, 1.807) is 33.4 Å². The summed E-state index contributed by atoms with van der Waals surface area (Å²) in [6, 6.07) is 84.8. The van der Waals surface area contributed by atoms with Crippen molar-refractivity contribution in [2.75, 3.05) is 4.90 Å². The lowest BCUT2D eigenvalue weighted by Crippen LogP contribution is -2.27. The lowest BCUT2D eigenvalue weighted by molar-refractivity contribution is 0.166. The van der Waals surface area contributed by atoms with Crippen LogP contribution in [0.25, 0.3) is 72.0 Å². The summed E-state index contributed by atoms with van der Waals surface area (Å²) < 4.78 is 2.43. The molecule has 3 saturated carbocycles. The highest BCUT2D eigenvalue weighted by Gasteiger charge is 2.55. The Morgan fingerprint density at radius 2 is 0.988 bits per heavy atom. The molecule has 1 heterocycles. The van der Waals surface area contributed by atoms with Gasteiger partial charge in [0.15, 0.2) is 0 Å². The van der Waals surface area contributed by atoms with Crippen molar-refractivity contribution < 1.29 is 0 Å². The summed E-state index contributed by atoms with van der Waals surface area (Å²) in [4.78, 5) is 2.59. The summed E-state index contributed by atoms with van der Waals surface area (Å²) in [5, 5.41) is 2.55. The second-order valence-corrected chi connectivity index (χ2v) is 26.1. The largest absolute Gasteiger partial charge is 0.310 e. The first-order valence-electron chi connectivity index (χ1n) is 31.3. The number of benzene rings is 10. The Morgan fingerprint density at radius 3 is 1.73 bits per heavy atom. The fraction of sp³-hybridized carbons (Fsp3) is 0.250. The maximum atomic E-state index is 2.85. The third-order valence-electron chi connectivity index (χ3n) is 22.0. The fourth-order valence-electron chi connectivity index (χ4n) is 18.8. The van der Waals surface area contributed by atoms with E-state index >= 15 is 0 Å². The SMILES string of the molecule is CCC1CC2CCCC(C2)c2cc3c(cc21)-c1cc2c(cc1C31c3ccccc3-c3c(N(c4ccc(-c5ccccc5)cc4)c4ccc(-c5cccc6c5c5ccccc5n6-c5ccccc5)cc4)cccc31)C1CC3CC(CC2C3)C1. The molecule has 8 aliphatic rings. The van der Waals surface area contributed by atoms with Gasteiger partial charge in [-0.1, -0.05) is 184 Å². The van der Waals surface area contributed by atoms with Crippen molar-refractivity contribution in [3.8, 4) is 50.2 Å². The van der Waals surface area contributed by atoms with Gasteiger partial charge in [-0.15, -0.1) is 0 Å². The molecule has 82 heavy (non-hydrogen) atoms. The summed E-state index contributed by atoms with van der Waals surface area (Å²) in [7, 11) is 0. The van der Waals surface area contributed by atoms with Crippen LogP contribution in [0.5, 0.6) is 0 Å². The van der Waals surface area contributed by atoms with E-state index in [-0.39, 0.29) is 0 Å². The lowest BCUT2D eigenvalue weighted by Gasteiger charge is -2.38. The van der Waals surface area contributed by atoms with Crippen LogP contribution in [0.2, 0.25) is 0 Å². The molecule has 3 fully saturated rings. The third kappa shape index (κ3) is 6.82. The van der Waals surface area contributed by atoms with Gasteiger partial charge in [0.05, 0.1) is 22.1 Å². The van der Waals surface area contributed by atoms with Gasteiger partial charge < -0.3 is 9.47 Å². The van der Waals surface area contributed by atoms with Crippen LogP contribution in [0.1, 0.15) is 146 Å². The van der Waals surface area contributed by atoms with Crippen LogP contribution < -0.4 is 4.90 Å². The molecule has 6 atom stereocenters. The molecular formula is C80H68N2. The first kappa shape index (κ1) is 47.4. The Kier molecular flexibility index (Phi) is 10.5. The number of nitrogens with zero attached hydrogens (tertiary/aromatic N) is 2. The number of rotatable bonds is 7. The minimum absolute atomic E-state index is 0.452. The van der Waals surface area contributed by atoms with E-state index in [9.17, 15) is 0 Å². The zero-order valence-corrected chi connectivity index (χ0v) is 47.0. The first-order chi connectivity index (χ1) is 40.6. The molecule has 0 N–H and O–H groups in total. The minimum atomic E-state index is -0.452. The number of aromatic nitrogens is 1. The number of para-hydroxylation sites is 2. The fourth-order valence-corrected chi connectivity index (χ4v) is 18.8. The van der Waals surface area contributed by atoms with Gasteiger partial charge in [-0.3, -0.25) is 0 Å². The van der Waals surface area contributed by atoms with Gasteiger partial charge in [-0.2, -0.15) is 0 Å². The van der Waals surface area contributed by atoms with Gasteiger partial charge >= 0.3 is 0 Å². The lowest BCUT2D eigenvalue weighted by atomic mass is 9.67. The molecule has 8 aliphatic carbocycles. The smallest absolute Gasteiger partial charge is 0.0726 e. The van der Waals surface area contributed by atoms with Crippen molar-refractivity contribution >= 4 is 38.9 Å². The van der Waals surface area contributed by atoms with Crippen LogP contribution in [-0.4, -0.2) is 4.57 Å². The van der Waals surface area contributed by atoms with Gasteiger partial charge in [0, 0.05) is 33.4 Å². The van der Waals surface area contributed by atoms with Gasteiger partial charge in [-0.05, 0) is 237 Å². The number of hydrogen-bond donors (Lipinski definition) is 0. The van der Waals surface area contributed by atoms with Crippen molar-refractivity contribution in [1.82, 2.24) is 4.57 Å². The van der Waals surface area contributed by atoms with E-state index in [1.807, 2.05) is 0 Å². The molecule has 10 aromatic carbocycles. The molecular weight excluding hydrogens is 989 g/mol. The first-order valence-corrected chi connectivity index (χ1v) is 31.3. The summed E-state index contributed by atoms with van der Waals surface area (Å²) >= 11 is 0. The summed E-state index contributed by atoms with van der Waals surface area (Å²) in [6.45, 7) is 2.48. The molecule has 0 amide bonds. The van der Waals surface area contributed by atoms with E-state index in [0.717, 1.165) is 29.1 Å². The molecule has 2 heteroatoms. The van der Waals surface area contributed by atoms with Gasteiger partial charge in [0.25, 0.3) is 0 Å². The predicted molar refractivity (Wildman–Crippen MR) is 341 cm³/mol. The van der Waals surface area contributed by atoms with Crippen molar-refractivity contribution in [3.05, 3.63) is 263 Å². The van der Waals surface area contributed by atoms with E-state index in [0.29, 0.717) is 23.7 Å². The third-order valence-corrected chi connectivity index (χ3v) is 22.0. The van der Waals surface area contributed by atoms with Crippen LogP contribution in [0.3, 0.4) is 0 Å². The molecule has 1 aromatic heterocycles. The molecule has 0 radical (unpaired) electrons. The highest BCUT2D eigenvalue weighted by Crippen LogP contribution is 2.68. The van der Waals surface area contributed by atoms with Crippen molar-refractivity contribution in [3.63, 3.8) is 0 Å². The van der Waals surface area contributed by atoms with Crippen molar-refractivity contribution in [2.45, 2.75) is 107 Å². The average molecular weight is 1060 g/mol. The number of hydrogen-bond acceptors (Lipinski definition) is 1. The Labute approximate surface area is 483 Å². The quantitative estimate of drug-likeness (QED) is 0.154. The zero-order valence-electron chi connectivity index (χ0n) is 47.0. The Hall–Kier alpha value is -8.20. The average Bonchev–Trinajstić information content (AvgIpc) is 1.58. The van der Waals surface area contributed by atoms with Crippen LogP contribution in [0.4, 0.5) is 17.1 Å². The standard InChI is InChI=1S/C80H68N2/c1-2-52-39-49-16-13-19-56(40-49)67-47-73-69(45-65(52)67)70-46-66-57-41-50-38-51(42-57)44-58(43-50)68(66)48-74(70)80(73)71-25-11-9-22-63(71)79-72(80)26-15-29-77(79)81(60-34-30-54(31-35-60)53-17-5-3-6-18-53)61-36-32-55(33-37-61)62-24-14-28-76-78(62)64-23-10-12-27-75(64)82(76)59-20-7-4-8-21-59/h3-12,14-15,17-18,20-37,45-52,56-58H,2,13,16,19,38-44H2,1H3. The van der Waals surface area contributed by atoms with E-state index in [1.165, 1.54) is 159 Å². The predicted octanol–water partition coefficient (Wildman–Crippen LogP) is 21.5. The molecule has 6 unspecified atom stereocenters. The Balaban J connectivity index is 0.863. The molecule has 398 valence electrons. The normalized spacial score (nSPS) is 23.9. The highest BCUT2D eigenvalue weighted by molar-refractivity contribution is 6.16. The van der Waals surface area contributed by atoms with Crippen molar-refractivity contribution in [1.29, 1.82) is 0 Å². The number of anilines is 3. The number of fused-ring (bicyclic) bond motifs is 17.